The molecule has 1 aromatic heterocycles. The zero-order chi connectivity index (χ0) is 13.2. The van der Waals surface area contributed by atoms with Crippen LogP contribution in [0.15, 0.2) is 16.7 Å². The summed E-state index contributed by atoms with van der Waals surface area (Å²) >= 11 is 9.07. The third kappa shape index (κ3) is 2.84. The number of pyridine rings is 1. The largest absolute Gasteiger partial charge is 0.396 e. The molecule has 0 unspecified atom stereocenters. The number of carbonyl (C=O) groups excluding carboxylic acids is 1. The van der Waals surface area contributed by atoms with Crippen LogP contribution >= 0.6 is 27.5 Å². The van der Waals surface area contributed by atoms with Crippen LogP contribution in [0.4, 0.5) is 0 Å². The fourth-order valence-corrected chi connectivity index (χ4v) is 2.39. The maximum absolute atomic E-state index is 11.9. The molecule has 0 radical (unpaired) electrons. The highest BCUT2D eigenvalue weighted by atomic mass is 79.9. The van der Waals surface area contributed by atoms with E-state index >= 15 is 0 Å². The Kier molecular flexibility index (Phi) is 4.25. The number of nitrogens with one attached hydrogen (secondary N) is 1. The molecule has 0 aromatic carbocycles. The van der Waals surface area contributed by atoms with Crippen LogP contribution in [0, 0.1) is 5.41 Å². The van der Waals surface area contributed by atoms with E-state index in [1.54, 1.807) is 6.07 Å². The van der Waals surface area contributed by atoms with Crippen LogP contribution in [0.25, 0.3) is 0 Å². The summed E-state index contributed by atoms with van der Waals surface area (Å²) in [6.07, 6.45) is 4.47. The van der Waals surface area contributed by atoms with Crippen LogP contribution in [0.2, 0.25) is 5.02 Å². The molecule has 2 N–H and O–H groups in total. The summed E-state index contributed by atoms with van der Waals surface area (Å²) in [5.41, 5.74) is 0.193. The Morgan fingerprint density at radius 1 is 1.61 bits per heavy atom. The first-order valence-corrected chi connectivity index (χ1v) is 6.93. The zero-order valence-corrected chi connectivity index (χ0v) is 12.1. The summed E-state index contributed by atoms with van der Waals surface area (Å²) in [5, 5.41) is 12.6. The van der Waals surface area contributed by atoms with Gasteiger partial charge in [0.05, 0.1) is 11.6 Å². The van der Waals surface area contributed by atoms with Gasteiger partial charge in [0.15, 0.2) is 0 Å². The number of hydrogen-bond donors (Lipinski definition) is 2. The molecule has 1 amide bonds. The minimum Gasteiger partial charge on any atom is -0.396 e. The van der Waals surface area contributed by atoms with Gasteiger partial charge in [-0.3, -0.25) is 4.79 Å². The van der Waals surface area contributed by atoms with Gasteiger partial charge in [0.2, 0.25) is 0 Å². The molecule has 0 spiro atoms. The predicted molar refractivity (Wildman–Crippen MR) is 72.7 cm³/mol. The van der Waals surface area contributed by atoms with Crippen LogP contribution < -0.4 is 5.32 Å². The predicted octanol–water partition coefficient (Wildman–Crippen LogP) is 2.39. The van der Waals surface area contributed by atoms with Crippen molar-refractivity contribution in [2.45, 2.75) is 19.3 Å². The van der Waals surface area contributed by atoms with Gasteiger partial charge in [-0.25, -0.2) is 4.98 Å². The highest BCUT2D eigenvalue weighted by Crippen LogP contribution is 2.39. The molecule has 18 heavy (non-hydrogen) atoms. The lowest BCUT2D eigenvalue weighted by Gasteiger charge is -2.40. The number of amides is 1. The maximum atomic E-state index is 11.9. The molecule has 0 atom stereocenters. The molecule has 1 aliphatic rings. The second kappa shape index (κ2) is 5.55. The quantitative estimate of drug-likeness (QED) is 0.889. The zero-order valence-electron chi connectivity index (χ0n) is 9.75. The molecule has 1 heterocycles. The average molecular weight is 334 g/mol. The summed E-state index contributed by atoms with van der Waals surface area (Å²) in [5.74, 6) is -0.243. The van der Waals surface area contributed by atoms with Crippen molar-refractivity contribution in [2.24, 2.45) is 5.41 Å². The van der Waals surface area contributed by atoms with Crippen molar-refractivity contribution >= 4 is 33.4 Å². The Bertz CT molecular complexity index is 458. The van der Waals surface area contributed by atoms with Crippen LogP contribution in [-0.2, 0) is 0 Å². The molecule has 1 fully saturated rings. The van der Waals surface area contributed by atoms with Gasteiger partial charge < -0.3 is 10.4 Å². The van der Waals surface area contributed by atoms with E-state index in [0.29, 0.717) is 21.7 Å². The molecule has 1 saturated carbocycles. The van der Waals surface area contributed by atoms with E-state index in [0.717, 1.165) is 19.3 Å². The van der Waals surface area contributed by atoms with E-state index in [9.17, 15) is 9.90 Å². The van der Waals surface area contributed by atoms with Crippen LogP contribution in [0.3, 0.4) is 0 Å². The lowest BCUT2D eigenvalue weighted by atomic mass is 9.69. The number of carbonyl (C=O) groups is 1. The third-order valence-electron chi connectivity index (χ3n) is 3.41. The molecule has 1 aliphatic carbocycles. The molecule has 0 bridgehead atoms. The molecule has 0 aliphatic heterocycles. The number of halogens is 2. The minimum atomic E-state index is -0.243. The van der Waals surface area contributed by atoms with Gasteiger partial charge in [0.25, 0.3) is 5.91 Å². The summed E-state index contributed by atoms with van der Waals surface area (Å²) in [6, 6.07) is 1.59. The molecule has 6 heteroatoms. The van der Waals surface area contributed by atoms with Gasteiger partial charge in [-0.05, 0) is 34.8 Å². The highest BCUT2D eigenvalue weighted by Gasteiger charge is 2.36. The first-order chi connectivity index (χ1) is 8.56. The molecule has 98 valence electrons. The summed E-state index contributed by atoms with van der Waals surface area (Å²) in [4.78, 5) is 15.9. The van der Waals surface area contributed by atoms with Crippen LogP contribution in [-0.4, -0.2) is 29.1 Å². The number of nitrogens with zero attached hydrogens (tertiary/aromatic N) is 1. The van der Waals surface area contributed by atoms with Crippen molar-refractivity contribution < 1.29 is 9.90 Å². The average Bonchev–Trinajstić information content (AvgIpc) is 2.31. The van der Waals surface area contributed by atoms with Gasteiger partial charge in [0, 0.05) is 22.6 Å². The number of aliphatic hydroxyl groups is 1. The Balaban J connectivity index is 1.97. The fraction of sp³-hybridized carbons (Fsp3) is 0.500. The Morgan fingerprint density at radius 2 is 2.33 bits per heavy atom. The van der Waals surface area contributed by atoms with Crippen molar-refractivity contribution in [3.63, 3.8) is 0 Å². The standard InChI is InChI=1S/C12H14BrClN2O2/c13-8-4-10(15-5-9(8)14)11(18)16-6-12(7-17)2-1-3-12/h4-5,17H,1-3,6-7H2,(H,16,18). The van der Waals surface area contributed by atoms with Gasteiger partial charge in [-0.15, -0.1) is 0 Å². The van der Waals surface area contributed by atoms with Crippen molar-refractivity contribution in [1.82, 2.24) is 10.3 Å². The van der Waals surface area contributed by atoms with E-state index in [1.165, 1.54) is 6.20 Å². The van der Waals surface area contributed by atoms with Crippen molar-refractivity contribution in [3.8, 4) is 0 Å². The number of hydrogen-bond acceptors (Lipinski definition) is 3. The van der Waals surface area contributed by atoms with Gasteiger partial charge in [0.1, 0.15) is 5.69 Å². The summed E-state index contributed by atoms with van der Waals surface area (Å²) in [7, 11) is 0. The second-order valence-corrected chi connectivity index (χ2v) is 5.94. The number of rotatable bonds is 4. The topological polar surface area (TPSA) is 62.2 Å². The summed E-state index contributed by atoms with van der Waals surface area (Å²) < 4.78 is 0.643. The fourth-order valence-electron chi connectivity index (χ4n) is 1.96. The van der Waals surface area contributed by atoms with Gasteiger partial charge in [-0.1, -0.05) is 18.0 Å². The van der Waals surface area contributed by atoms with Crippen molar-refractivity contribution in [1.29, 1.82) is 0 Å². The normalized spacial score (nSPS) is 17.1. The molecule has 4 nitrogen and oxygen atoms in total. The van der Waals surface area contributed by atoms with Gasteiger partial charge >= 0.3 is 0 Å². The molecule has 0 saturated heterocycles. The SMILES string of the molecule is O=C(NCC1(CO)CCC1)c1cc(Br)c(Cl)cn1. The van der Waals surface area contributed by atoms with Crippen molar-refractivity contribution in [3.05, 3.63) is 27.5 Å². The van der Waals surface area contributed by atoms with E-state index in [-0.39, 0.29) is 17.9 Å². The Morgan fingerprint density at radius 3 is 2.83 bits per heavy atom. The second-order valence-electron chi connectivity index (χ2n) is 4.68. The lowest BCUT2D eigenvalue weighted by molar-refractivity contribution is 0.0428. The molecular formula is C12H14BrClN2O2. The maximum Gasteiger partial charge on any atom is 0.269 e. The molecule has 1 aromatic rings. The lowest BCUT2D eigenvalue weighted by Crippen LogP contribution is -2.44. The minimum absolute atomic E-state index is 0.116. The van der Waals surface area contributed by atoms with E-state index in [2.05, 4.69) is 26.2 Å². The smallest absolute Gasteiger partial charge is 0.269 e. The van der Waals surface area contributed by atoms with Gasteiger partial charge in [-0.2, -0.15) is 0 Å². The third-order valence-corrected chi connectivity index (χ3v) is 4.60. The highest BCUT2D eigenvalue weighted by molar-refractivity contribution is 9.10. The van der Waals surface area contributed by atoms with Crippen LogP contribution in [0.5, 0.6) is 0 Å². The Labute approximate surface area is 119 Å². The molecular weight excluding hydrogens is 320 g/mol. The molecule has 2 rings (SSSR count). The van der Waals surface area contributed by atoms with Crippen molar-refractivity contribution in [2.75, 3.05) is 13.2 Å². The Hall–Kier alpha value is -0.650. The van der Waals surface area contributed by atoms with E-state index < -0.39 is 0 Å². The number of aliphatic hydroxyl groups excluding tert-OH is 1. The summed E-state index contributed by atoms with van der Waals surface area (Å²) in [6.45, 7) is 0.606. The van der Waals surface area contributed by atoms with Crippen LogP contribution in [0.1, 0.15) is 29.8 Å². The monoisotopic (exact) mass is 332 g/mol. The first-order valence-electron chi connectivity index (χ1n) is 5.76. The van der Waals surface area contributed by atoms with E-state index in [4.69, 9.17) is 11.6 Å². The first kappa shape index (κ1) is 13.8. The number of aromatic nitrogens is 1. The van der Waals surface area contributed by atoms with E-state index in [1.807, 2.05) is 0 Å².